The van der Waals surface area contributed by atoms with E-state index in [1.54, 1.807) is 4.90 Å². The van der Waals surface area contributed by atoms with Crippen LogP contribution in [0.15, 0.2) is 24.3 Å². The van der Waals surface area contributed by atoms with Crippen molar-refractivity contribution >= 4 is 11.8 Å². The summed E-state index contributed by atoms with van der Waals surface area (Å²) in [4.78, 5) is 27.2. The Balaban J connectivity index is 1.54. The minimum absolute atomic E-state index is 0.0720. The standard InChI is InChI=1S/C24H33F3N2O2/c1-23(2,3)19-6-4-5-7-20(19)28-21(30)16-12-14-29(15-13-16)22(31)17-8-10-18(11-9-17)24(25,26)27/h8-11,16,19-20H,4-7,12-15H2,1-3H3,(H,28,30). The molecule has 0 bridgehead atoms. The Morgan fingerprint density at radius 2 is 1.52 bits per heavy atom. The minimum Gasteiger partial charge on any atom is -0.353 e. The van der Waals surface area contributed by atoms with E-state index in [1.807, 2.05) is 0 Å². The van der Waals surface area contributed by atoms with Crippen molar-refractivity contribution < 1.29 is 22.8 Å². The SMILES string of the molecule is CC(C)(C)C1CCCCC1NC(=O)C1CCN(C(=O)c2ccc(C(F)(F)F)cc2)CC1. The van der Waals surface area contributed by atoms with Crippen LogP contribution in [0.4, 0.5) is 13.2 Å². The molecule has 0 radical (unpaired) electrons. The molecular weight excluding hydrogens is 405 g/mol. The van der Waals surface area contributed by atoms with Crippen LogP contribution >= 0.6 is 0 Å². The van der Waals surface area contributed by atoms with E-state index in [0.717, 1.165) is 31.4 Å². The maximum absolute atomic E-state index is 12.9. The molecule has 0 spiro atoms. The van der Waals surface area contributed by atoms with Crippen LogP contribution in [0.1, 0.15) is 75.2 Å². The quantitative estimate of drug-likeness (QED) is 0.698. The largest absolute Gasteiger partial charge is 0.416 e. The van der Waals surface area contributed by atoms with Crippen LogP contribution in [0.3, 0.4) is 0 Å². The first kappa shape index (κ1) is 23.6. The first-order valence-electron chi connectivity index (χ1n) is 11.2. The van der Waals surface area contributed by atoms with E-state index in [1.165, 1.54) is 18.6 Å². The molecule has 172 valence electrons. The predicted molar refractivity (Wildman–Crippen MR) is 113 cm³/mol. The van der Waals surface area contributed by atoms with Crippen LogP contribution in [-0.4, -0.2) is 35.8 Å². The number of carbonyl (C=O) groups excluding carboxylic acids is 2. The highest BCUT2D eigenvalue weighted by Gasteiger charge is 2.37. The maximum Gasteiger partial charge on any atom is 0.416 e. The van der Waals surface area contributed by atoms with Crippen molar-refractivity contribution in [2.24, 2.45) is 17.3 Å². The molecule has 1 aliphatic heterocycles. The van der Waals surface area contributed by atoms with Gasteiger partial charge in [0.2, 0.25) is 5.91 Å². The van der Waals surface area contributed by atoms with Crippen molar-refractivity contribution in [2.45, 2.75) is 71.5 Å². The lowest BCUT2D eigenvalue weighted by atomic mass is 9.69. The van der Waals surface area contributed by atoms with Crippen LogP contribution in [0, 0.1) is 17.3 Å². The topological polar surface area (TPSA) is 49.4 Å². The molecule has 2 atom stereocenters. The second kappa shape index (κ2) is 9.21. The van der Waals surface area contributed by atoms with E-state index in [0.29, 0.717) is 31.8 Å². The normalized spacial score (nSPS) is 23.5. The Morgan fingerprint density at radius 3 is 2.06 bits per heavy atom. The van der Waals surface area contributed by atoms with Gasteiger partial charge in [-0.05, 0) is 61.3 Å². The average molecular weight is 439 g/mol. The van der Waals surface area contributed by atoms with Crippen molar-refractivity contribution in [3.63, 3.8) is 0 Å². The highest BCUT2D eigenvalue weighted by atomic mass is 19.4. The number of hydrogen-bond acceptors (Lipinski definition) is 2. The summed E-state index contributed by atoms with van der Waals surface area (Å²) in [7, 11) is 0. The molecule has 2 aliphatic rings. The smallest absolute Gasteiger partial charge is 0.353 e. The first-order chi connectivity index (χ1) is 14.5. The number of nitrogens with one attached hydrogen (secondary N) is 1. The summed E-state index contributed by atoms with van der Waals surface area (Å²) in [6.45, 7) is 7.56. The van der Waals surface area contributed by atoms with Gasteiger partial charge in [0.1, 0.15) is 0 Å². The zero-order valence-corrected chi connectivity index (χ0v) is 18.6. The van der Waals surface area contributed by atoms with E-state index in [9.17, 15) is 22.8 Å². The third-order valence-corrected chi connectivity index (χ3v) is 6.82. The summed E-state index contributed by atoms with van der Waals surface area (Å²) >= 11 is 0. The number of alkyl halides is 3. The zero-order chi connectivity index (χ0) is 22.8. The Labute approximate surface area is 182 Å². The molecule has 0 aromatic heterocycles. The lowest BCUT2D eigenvalue weighted by molar-refractivity contribution is -0.137. The molecule has 1 aromatic rings. The number of hydrogen-bond donors (Lipinski definition) is 1. The van der Waals surface area contributed by atoms with Gasteiger partial charge in [-0.2, -0.15) is 13.2 Å². The number of amides is 2. The lowest BCUT2D eigenvalue weighted by Gasteiger charge is -2.41. The predicted octanol–water partition coefficient (Wildman–Crippen LogP) is 5.28. The minimum atomic E-state index is -4.42. The number of piperidine rings is 1. The average Bonchev–Trinajstić information content (AvgIpc) is 2.72. The van der Waals surface area contributed by atoms with E-state index in [4.69, 9.17) is 0 Å². The number of nitrogens with zero attached hydrogens (tertiary/aromatic N) is 1. The third kappa shape index (κ3) is 5.80. The molecule has 31 heavy (non-hydrogen) atoms. The molecule has 2 unspecified atom stereocenters. The Morgan fingerprint density at radius 1 is 0.935 bits per heavy atom. The molecule has 1 saturated heterocycles. The molecule has 1 N–H and O–H groups in total. The van der Waals surface area contributed by atoms with Crippen molar-refractivity contribution in [1.82, 2.24) is 10.2 Å². The summed E-state index contributed by atoms with van der Waals surface area (Å²) in [5, 5.41) is 3.29. The van der Waals surface area contributed by atoms with Crippen LogP contribution in [-0.2, 0) is 11.0 Å². The number of benzene rings is 1. The third-order valence-electron chi connectivity index (χ3n) is 6.82. The van der Waals surface area contributed by atoms with Gasteiger partial charge in [0.25, 0.3) is 5.91 Å². The van der Waals surface area contributed by atoms with Gasteiger partial charge in [-0.1, -0.05) is 33.6 Å². The lowest BCUT2D eigenvalue weighted by Crippen LogP contribution is -2.50. The second-order valence-electron chi connectivity index (χ2n) is 10.0. The van der Waals surface area contributed by atoms with Crippen LogP contribution < -0.4 is 5.32 Å². The maximum atomic E-state index is 12.9. The second-order valence-corrected chi connectivity index (χ2v) is 10.0. The molecule has 3 rings (SSSR count). The van der Waals surface area contributed by atoms with Gasteiger partial charge in [0.15, 0.2) is 0 Å². The Bertz CT molecular complexity index is 775. The van der Waals surface area contributed by atoms with Gasteiger partial charge >= 0.3 is 6.18 Å². The van der Waals surface area contributed by atoms with E-state index in [-0.39, 0.29) is 34.8 Å². The Hall–Kier alpha value is -2.05. The molecule has 2 amide bonds. The number of likely N-dealkylation sites (tertiary alicyclic amines) is 1. The molecule has 1 aliphatic carbocycles. The van der Waals surface area contributed by atoms with Gasteiger partial charge in [-0.25, -0.2) is 0 Å². The molecule has 1 saturated carbocycles. The highest BCUT2D eigenvalue weighted by molar-refractivity contribution is 5.94. The first-order valence-corrected chi connectivity index (χ1v) is 11.2. The fourth-order valence-electron chi connectivity index (χ4n) is 4.97. The van der Waals surface area contributed by atoms with Gasteiger partial charge in [-0.3, -0.25) is 9.59 Å². The van der Waals surface area contributed by atoms with Crippen LogP contribution in [0.25, 0.3) is 0 Å². The fraction of sp³-hybridized carbons (Fsp3) is 0.667. The number of halogens is 3. The van der Waals surface area contributed by atoms with E-state index in [2.05, 4.69) is 26.1 Å². The monoisotopic (exact) mass is 438 g/mol. The van der Waals surface area contributed by atoms with Gasteiger partial charge < -0.3 is 10.2 Å². The van der Waals surface area contributed by atoms with Gasteiger partial charge in [-0.15, -0.1) is 0 Å². The van der Waals surface area contributed by atoms with Gasteiger partial charge in [0.05, 0.1) is 5.56 Å². The molecule has 1 aromatic carbocycles. The highest BCUT2D eigenvalue weighted by Crippen LogP contribution is 2.38. The summed E-state index contributed by atoms with van der Waals surface area (Å²) in [6, 6.07) is 4.51. The number of rotatable bonds is 3. The Kier molecular flexibility index (Phi) is 7.01. The molecule has 2 fully saturated rings. The molecule has 1 heterocycles. The van der Waals surface area contributed by atoms with Crippen LogP contribution in [0.5, 0.6) is 0 Å². The zero-order valence-electron chi connectivity index (χ0n) is 18.6. The van der Waals surface area contributed by atoms with Gasteiger partial charge in [0, 0.05) is 30.6 Å². The van der Waals surface area contributed by atoms with E-state index < -0.39 is 11.7 Å². The van der Waals surface area contributed by atoms with Crippen molar-refractivity contribution in [3.05, 3.63) is 35.4 Å². The summed E-state index contributed by atoms with van der Waals surface area (Å²) < 4.78 is 38.2. The number of carbonyl (C=O) groups is 2. The fourth-order valence-corrected chi connectivity index (χ4v) is 4.97. The molecular formula is C24H33F3N2O2. The summed E-state index contributed by atoms with van der Waals surface area (Å²) in [6.07, 6.45) is 1.22. The van der Waals surface area contributed by atoms with E-state index >= 15 is 0 Å². The molecule has 4 nitrogen and oxygen atoms in total. The van der Waals surface area contributed by atoms with Crippen molar-refractivity contribution in [3.8, 4) is 0 Å². The van der Waals surface area contributed by atoms with Crippen molar-refractivity contribution in [1.29, 1.82) is 0 Å². The summed E-state index contributed by atoms with van der Waals surface area (Å²) in [5.41, 5.74) is -0.377. The van der Waals surface area contributed by atoms with Crippen LogP contribution in [0.2, 0.25) is 0 Å². The van der Waals surface area contributed by atoms with Crippen molar-refractivity contribution in [2.75, 3.05) is 13.1 Å². The summed E-state index contributed by atoms with van der Waals surface area (Å²) in [5.74, 6) is 0.126. The molecule has 7 heteroatoms.